The first-order valence-corrected chi connectivity index (χ1v) is 6.50. The average molecular weight is 218 g/mol. The van der Waals surface area contributed by atoms with Gasteiger partial charge in [0.1, 0.15) is 0 Å². The monoisotopic (exact) mass is 218 g/mol. The van der Waals surface area contributed by atoms with E-state index in [1.165, 1.54) is 11.0 Å². The molecule has 78 valence electrons. The topological polar surface area (TPSA) is 8.82 Å². The van der Waals surface area contributed by atoms with Crippen molar-refractivity contribution < 1.29 is 0 Å². The Hall–Kier alpha value is -1.14. The number of aromatic nitrogens is 2. The first-order valence-electron chi connectivity index (χ1n) is 5.25. The molecule has 0 fully saturated rings. The van der Waals surface area contributed by atoms with Crippen molar-refractivity contribution in [1.29, 1.82) is 0 Å². The van der Waals surface area contributed by atoms with E-state index in [4.69, 9.17) is 0 Å². The van der Waals surface area contributed by atoms with Crippen molar-refractivity contribution >= 4 is 18.9 Å². The van der Waals surface area contributed by atoms with Crippen LogP contribution in [0.2, 0.25) is 0 Å². The Labute approximate surface area is 90.3 Å². The second-order valence-electron chi connectivity index (χ2n) is 4.94. The van der Waals surface area contributed by atoms with E-state index in [1.807, 2.05) is 0 Å². The van der Waals surface area contributed by atoms with Crippen molar-refractivity contribution in [3.63, 3.8) is 0 Å². The Balaban J connectivity index is 2.57. The maximum atomic E-state index is 2.44. The smallest absolute Gasteiger partial charge is 0.0741 e. The highest BCUT2D eigenvalue weighted by molar-refractivity contribution is 7.44. The van der Waals surface area contributed by atoms with E-state index in [-0.39, 0.29) is 7.85 Å². The summed E-state index contributed by atoms with van der Waals surface area (Å²) >= 11 is 0. The van der Waals surface area contributed by atoms with Crippen LogP contribution in [0.15, 0.2) is 36.7 Å². The van der Waals surface area contributed by atoms with Gasteiger partial charge in [0.05, 0.1) is 11.0 Å². The standard InChI is InChI=1S/C12H15N2P/c1-12(2,3)15-13-8-4-6-10(13)11-7-5-9-14(11)15/h4-9H,1-3H3. The lowest BCUT2D eigenvalue weighted by atomic mass is 10.3. The van der Waals surface area contributed by atoms with E-state index in [0.29, 0.717) is 5.16 Å². The molecule has 0 spiro atoms. The number of hydrogen-bond acceptors (Lipinski definition) is 0. The van der Waals surface area contributed by atoms with Gasteiger partial charge in [-0.15, -0.1) is 0 Å². The second kappa shape index (κ2) is 2.70. The SMILES string of the molecule is CC(C)(C)p1n2cccc2c2cccn21. The molecule has 0 aliphatic carbocycles. The van der Waals surface area contributed by atoms with Crippen LogP contribution in [0.25, 0.3) is 11.0 Å². The zero-order valence-corrected chi connectivity index (χ0v) is 10.2. The summed E-state index contributed by atoms with van der Waals surface area (Å²) in [7, 11) is -0.310. The fourth-order valence-electron chi connectivity index (χ4n) is 2.23. The minimum atomic E-state index is -0.310. The van der Waals surface area contributed by atoms with Crippen LogP contribution in [0.3, 0.4) is 0 Å². The molecule has 0 aliphatic rings. The normalized spacial score (nSPS) is 13.0. The van der Waals surface area contributed by atoms with Crippen molar-refractivity contribution in [3.05, 3.63) is 36.7 Å². The lowest BCUT2D eigenvalue weighted by molar-refractivity contribution is 0.707. The Bertz CT molecular complexity index is 571. The highest BCUT2D eigenvalue weighted by atomic mass is 31.1. The summed E-state index contributed by atoms with van der Waals surface area (Å²) in [5, 5.41) is 0.299. The van der Waals surface area contributed by atoms with Crippen LogP contribution >= 0.6 is 7.85 Å². The molecule has 3 aromatic rings. The molecule has 0 radical (unpaired) electrons. The maximum absolute atomic E-state index is 2.44. The zero-order valence-electron chi connectivity index (χ0n) is 9.31. The van der Waals surface area contributed by atoms with Crippen LogP contribution in [0.5, 0.6) is 0 Å². The van der Waals surface area contributed by atoms with Gasteiger partial charge in [0, 0.05) is 25.4 Å². The molecule has 0 atom stereocenters. The molecule has 2 nitrogen and oxygen atoms in total. The molecular formula is C12H15N2P. The van der Waals surface area contributed by atoms with Crippen molar-refractivity contribution in [2.45, 2.75) is 25.9 Å². The molecule has 0 N–H and O–H groups in total. The fourth-order valence-corrected chi connectivity index (χ4v) is 4.88. The van der Waals surface area contributed by atoms with E-state index in [9.17, 15) is 0 Å². The summed E-state index contributed by atoms with van der Waals surface area (Å²) in [5.41, 5.74) is 2.72. The lowest BCUT2D eigenvalue weighted by Crippen LogP contribution is -2.04. The number of hydrogen-bond donors (Lipinski definition) is 0. The largest absolute Gasteiger partial charge is 0.292 e. The molecule has 15 heavy (non-hydrogen) atoms. The van der Waals surface area contributed by atoms with Crippen LogP contribution in [-0.2, 0) is 5.16 Å². The van der Waals surface area contributed by atoms with Crippen molar-refractivity contribution in [2.75, 3.05) is 0 Å². The quantitative estimate of drug-likeness (QED) is 0.540. The second-order valence-corrected chi connectivity index (χ2v) is 7.72. The van der Waals surface area contributed by atoms with Crippen LogP contribution in [0, 0.1) is 0 Å². The maximum Gasteiger partial charge on any atom is 0.0741 e. The summed E-state index contributed by atoms with van der Waals surface area (Å²) in [6.07, 6.45) is 4.42. The Morgan fingerprint density at radius 3 is 1.80 bits per heavy atom. The first kappa shape index (κ1) is 9.11. The minimum Gasteiger partial charge on any atom is -0.292 e. The van der Waals surface area contributed by atoms with Gasteiger partial charge in [-0.05, 0) is 24.3 Å². The van der Waals surface area contributed by atoms with E-state index in [1.54, 1.807) is 0 Å². The summed E-state index contributed by atoms with van der Waals surface area (Å²) < 4.78 is 4.87. The van der Waals surface area contributed by atoms with Gasteiger partial charge in [-0.2, -0.15) is 0 Å². The van der Waals surface area contributed by atoms with E-state index in [2.05, 4.69) is 65.8 Å². The Morgan fingerprint density at radius 1 is 0.933 bits per heavy atom. The molecule has 0 aromatic carbocycles. The molecule has 0 aliphatic heterocycles. The third-order valence-electron chi connectivity index (χ3n) is 2.73. The van der Waals surface area contributed by atoms with Crippen LogP contribution in [-0.4, -0.2) is 8.33 Å². The molecule has 3 rings (SSSR count). The van der Waals surface area contributed by atoms with Gasteiger partial charge >= 0.3 is 0 Å². The van der Waals surface area contributed by atoms with E-state index in [0.717, 1.165) is 0 Å². The molecule has 3 heterocycles. The summed E-state index contributed by atoms with van der Waals surface area (Å²) in [6, 6.07) is 8.71. The highest BCUT2D eigenvalue weighted by Gasteiger charge is 2.22. The van der Waals surface area contributed by atoms with Gasteiger partial charge in [-0.3, -0.25) is 8.33 Å². The molecule has 3 aromatic heterocycles. The van der Waals surface area contributed by atoms with E-state index >= 15 is 0 Å². The van der Waals surface area contributed by atoms with Gasteiger partial charge in [0.15, 0.2) is 0 Å². The Kier molecular flexibility index (Phi) is 1.64. The molecule has 0 saturated carbocycles. The summed E-state index contributed by atoms with van der Waals surface area (Å²) in [5.74, 6) is 0. The van der Waals surface area contributed by atoms with Crippen LogP contribution in [0.1, 0.15) is 20.8 Å². The van der Waals surface area contributed by atoms with Gasteiger partial charge in [-0.1, -0.05) is 20.8 Å². The van der Waals surface area contributed by atoms with Gasteiger partial charge in [0.25, 0.3) is 0 Å². The molecule has 0 bridgehead atoms. The summed E-state index contributed by atoms with van der Waals surface area (Å²) in [6.45, 7) is 6.95. The molecular weight excluding hydrogens is 203 g/mol. The predicted octanol–water partition coefficient (Wildman–Crippen LogP) is 3.93. The predicted molar refractivity (Wildman–Crippen MR) is 66.1 cm³/mol. The number of fused-ring (bicyclic) bond motifs is 3. The summed E-state index contributed by atoms with van der Waals surface area (Å²) in [4.78, 5) is 0. The number of rotatable bonds is 0. The third kappa shape index (κ3) is 1.12. The van der Waals surface area contributed by atoms with Crippen molar-refractivity contribution in [1.82, 2.24) is 8.33 Å². The molecule has 0 saturated heterocycles. The van der Waals surface area contributed by atoms with Gasteiger partial charge in [0.2, 0.25) is 0 Å². The Morgan fingerprint density at radius 2 is 1.40 bits per heavy atom. The van der Waals surface area contributed by atoms with Crippen molar-refractivity contribution in [2.24, 2.45) is 0 Å². The van der Waals surface area contributed by atoms with Crippen LogP contribution < -0.4 is 0 Å². The zero-order chi connectivity index (χ0) is 10.6. The highest BCUT2D eigenvalue weighted by Crippen LogP contribution is 2.46. The average Bonchev–Trinajstić information content (AvgIpc) is 2.67. The third-order valence-corrected chi connectivity index (χ3v) is 5.44. The molecule has 0 unspecified atom stereocenters. The van der Waals surface area contributed by atoms with Gasteiger partial charge < -0.3 is 0 Å². The fraction of sp³-hybridized carbons (Fsp3) is 0.333. The van der Waals surface area contributed by atoms with Crippen LogP contribution in [0.4, 0.5) is 0 Å². The number of nitrogens with zero attached hydrogens (tertiary/aromatic N) is 2. The first-order chi connectivity index (χ1) is 7.09. The van der Waals surface area contributed by atoms with Gasteiger partial charge in [-0.25, -0.2) is 0 Å². The van der Waals surface area contributed by atoms with E-state index < -0.39 is 0 Å². The molecule has 3 heteroatoms. The lowest BCUT2D eigenvalue weighted by Gasteiger charge is -2.19. The molecule has 0 amide bonds. The van der Waals surface area contributed by atoms with Crippen molar-refractivity contribution in [3.8, 4) is 0 Å². The minimum absolute atomic E-state index is 0.299.